The second-order valence-corrected chi connectivity index (χ2v) is 6.66. The first-order chi connectivity index (χ1) is 12.3. The van der Waals surface area contributed by atoms with E-state index in [4.69, 9.17) is 9.47 Å². The molecule has 1 unspecified atom stereocenters. The van der Waals surface area contributed by atoms with E-state index in [1.54, 1.807) is 25.1 Å². The first-order valence-corrected chi connectivity index (χ1v) is 8.72. The predicted octanol–water partition coefficient (Wildman–Crippen LogP) is 3.92. The van der Waals surface area contributed by atoms with Crippen LogP contribution >= 0.6 is 0 Å². The predicted molar refractivity (Wildman–Crippen MR) is 102 cm³/mol. The van der Waals surface area contributed by atoms with Gasteiger partial charge in [-0.15, -0.1) is 0 Å². The summed E-state index contributed by atoms with van der Waals surface area (Å²) in [6, 6.07) is 11.1. The lowest BCUT2D eigenvalue weighted by molar-refractivity contribution is -0.127. The standard InChI is InChI=1S/C21H27NO4/c1-13(2)17-8-6-14(3)19(11-17)26-15(4)21(24)22-12-16-7-9-18(23)20(10-16)25-5/h6-11,13,15,23H,12H2,1-5H3,(H,22,24). The van der Waals surface area contributed by atoms with E-state index in [9.17, 15) is 9.90 Å². The van der Waals surface area contributed by atoms with Gasteiger partial charge in [0.05, 0.1) is 7.11 Å². The zero-order valence-corrected chi connectivity index (χ0v) is 16.0. The van der Waals surface area contributed by atoms with Crippen molar-refractivity contribution < 1.29 is 19.4 Å². The summed E-state index contributed by atoms with van der Waals surface area (Å²) < 4.78 is 10.9. The van der Waals surface area contributed by atoms with E-state index in [2.05, 4.69) is 25.2 Å². The van der Waals surface area contributed by atoms with Crippen molar-refractivity contribution in [3.05, 3.63) is 53.1 Å². The number of methoxy groups -OCH3 is 1. The number of carbonyl (C=O) groups excluding carboxylic acids is 1. The number of carbonyl (C=O) groups is 1. The van der Waals surface area contributed by atoms with Gasteiger partial charge in [-0.2, -0.15) is 0 Å². The Kier molecular flexibility index (Phi) is 6.50. The lowest BCUT2D eigenvalue weighted by Crippen LogP contribution is -2.36. The number of aryl methyl sites for hydroxylation is 1. The van der Waals surface area contributed by atoms with Gasteiger partial charge in [0.15, 0.2) is 17.6 Å². The highest BCUT2D eigenvalue weighted by Gasteiger charge is 2.16. The van der Waals surface area contributed by atoms with Crippen molar-refractivity contribution in [2.24, 2.45) is 0 Å². The second-order valence-electron chi connectivity index (χ2n) is 6.66. The highest BCUT2D eigenvalue weighted by molar-refractivity contribution is 5.80. The van der Waals surface area contributed by atoms with Crippen LogP contribution in [0, 0.1) is 6.92 Å². The molecule has 1 atom stereocenters. The van der Waals surface area contributed by atoms with E-state index in [-0.39, 0.29) is 11.7 Å². The molecule has 0 aliphatic heterocycles. The van der Waals surface area contributed by atoms with Crippen molar-refractivity contribution in [1.29, 1.82) is 0 Å². The molecule has 2 N–H and O–H groups in total. The van der Waals surface area contributed by atoms with Gasteiger partial charge < -0.3 is 19.9 Å². The first kappa shape index (κ1) is 19.6. The summed E-state index contributed by atoms with van der Waals surface area (Å²) in [5.41, 5.74) is 3.00. The van der Waals surface area contributed by atoms with E-state index in [1.807, 2.05) is 19.1 Å². The summed E-state index contributed by atoms with van der Waals surface area (Å²) in [6.07, 6.45) is -0.616. The molecule has 2 aromatic carbocycles. The van der Waals surface area contributed by atoms with E-state index >= 15 is 0 Å². The quantitative estimate of drug-likeness (QED) is 0.788. The Morgan fingerprint density at radius 3 is 2.50 bits per heavy atom. The van der Waals surface area contributed by atoms with Gasteiger partial charge in [0.25, 0.3) is 5.91 Å². The van der Waals surface area contributed by atoms with Gasteiger partial charge in [0, 0.05) is 6.54 Å². The van der Waals surface area contributed by atoms with Crippen molar-refractivity contribution in [3.8, 4) is 17.2 Å². The van der Waals surface area contributed by atoms with Crippen molar-refractivity contribution in [2.45, 2.75) is 46.3 Å². The fourth-order valence-corrected chi connectivity index (χ4v) is 2.51. The zero-order chi connectivity index (χ0) is 19.3. The molecule has 2 aromatic rings. The maximum Gasteiger partial charge on any atom is 0.261 e. The number of benzene rings is 2. The number of amides is 1. The third-order valence-electron chi connectivity index (χ3n) is 4.26. The number of phenols is 1. The smallest absolute Gasteiger partial charge is 0.261 e. The number of hydrogen-bond acceptors (Lipinski definition) is 4. The number of aromatic hydroxyl groups is 1. The number of nitrogens with one attached hydrogen (secondary N) is 1. The van der Waals surface area contributed by atoms with Crippen LogP contribution in [0.3, 0.4) is 0 Å². The Morgan fingerprint density at radius 1 is 1.12 bits per heavy atom. The van der Waals surface area contributed by atoms with E-state index in [0.717, 1.165) is 16.9 Å². The SMILES string of the molecule is COc1cc(CNC(=O)C(C)Oc2cc(C(C)C)ccc2C)ccc1O. The van der Waals surface area contributed by atoms with Crippen LogP contribution in [-0.4, -0.2) is 24.2 Å². The molecule has 0 radical (unpaired) electrons. The Balaban J connectivity index is 1.99. The fraction of sp³-hybridized carbons (Fsp3) is 0.381. The Bertz CT molecular complexity index is 771. The van der Waals surface area contributed by atoms with E-state index in [0.29, 0.717) is 18.2 Å². The third-order valence-corrected chi connectivity index (χ3v) is 4.26. The summed E-state index contributed by atoms with van der Waals surface area (Å²) in [5.74, 6) is 1.37. The van der Waals surface area contributed by atoms with Crippen LogP contribution in [0.25, 0.3) is 0 Å². The Labute approximate surface area is 155 Å². The van der Waals surface area contributed by atoms with Crippen LogP contribution in [0.15, 0.2) is 36.4 Å². The Hall–Kier alpha value is -2.69. The molecule has 0 bridgehead atoms. The Morgan fingerprint density at radius 2 is 1.85 bits per heavy atom. The molecule has 0 heterocycles. The van der Waals surface area contributed by atoms with Crippen LogP contribution in [0.1, 0.15) is 43.4 Å². The minimum absolute atomic E-state index is 0.0692. The van der Waals surface area contributed by atoms with Gasteiger partial charge in [-0.3, -0.25) is 4.79 Å². The zero-order valence-electron chi connectivity index (χ0n) is 16.0. The molecule has 1 amide bonds. The molecule has 0 fully saturated rings. The molecule has 0 aromatic heterocycles. The van der Waals surface area contributed by atoms with Crippen LogP contribution in [-0.2, 0) is 11.3 Å². The summed E-state index contributed by atoms with van der Waals surface area (Å²) in [6.45, 7) is 8.27. The molecule has 0 aliphatic carbocycles. The number of hydrogen-bond donors (Lipinski definition) is 2. The topological polar surface area (TPSA) is 67.8 Å². The molecule has 5 nitrogen and oxygen atoms in total. The van der Waals surface area contributed by atoms with Gasteiger partial charge in [0.2, 0.25) is 0 Å². The normalized spacial score (nSPS) is 11.9. The summed E-state index contributed by atoms with van der Waals surface area (Å²) in [4.78, 5) is 12.4. The van der Waals surface area contributed by atoms with Crippen LogP contribution < -0.4 is 14.8 Å². The molecular formula is C21H27NO4. The van der Waals surface area contributed by atoms with E-state index in [1.165, 1.54) is 12.7 Å². The maximum absolute atomic E-state index is 12.4. The van der Waals surface area contributed by atoms with Gasteiger partial charge in [0.1, 0.15) is 5.75 Å². The van der Waals surface area contributed by atoms with Crippen LogP contribution in [0.2, 0.25) is 0 Å². The van der Waals surface area contributed by atoms with Crippen molar-refractivity contribution >= 4 is 5.91 Å². The highest BCUT2D eigenvalue weighted by Crippen LogP contribution is 2.27. The van der Waals surface area contributed by atoms with Gasteiger partial charge >= 0.3 is 0 Å². The largest absolute Gasteiger partial charge is 0.504 e. The molecule has 5 heteroatoms. The molecule has 26 heavy (non-hydrogen) atoms. The molecule has 2 rings (SSSR count). The van der Waals surface area contributed by atoms with Gasteiger partial charge in [-0.05, 0) is 54.7 Å². The molecular weight excluding hydrogens is 330 g/mol. The number of rotatable bonds is 7. The van der Waals surface area contributed by atoms with Crippen molar-refractivity contribution in [3.63, 3.8) is 0 Å². The van der Waals surface area contributed by atoms with Gasteiger partial charge in [-0.25, -0.2) is 0 Å². The molecule has 0 saturated carbocycles. The lowest BCUT2D eigenvalue weighted by atomic mass is 10.0. The maximum atomic E-state index is 12.4. The number of phenolic OH excluding ortho intramolecular Hbond substituents is 1. The summed E-state index contributed by atoms with van der Waals surface area (Å²) in [5, 5.41) is 12.5. The number of ether oxygens (including phenoxy) is 2. The summed E-state index contributed by atoms with van der Waals surface area (Å²) >= 11 is 0. The average Bonchev–Trinajstić information content (AvgIpc) is 2.62. The van der Waals surface area contributed by atoms with Gasteiger partial charge in [-0.1, -0.05) is 32.0 Å². The minimum Gasteiger partial charge on any atom is -0.504 e. The first-order valence-electron chi connectivity index (χ1n) is 8.72. The van der Waals surface area contributed by atoms with Crippen LogP contribution in [0.4, 0.5) is 0 Å². The molecule has 140 valence electrons. The second kappa shape index (κ2) is 8.61. The molecule has 0 aliphatic rings. The van der Waals surface area contributed by atoms with Crippen molar-refractivity contribution in [2.75, 3.05) is 7.11 Å². The van der Waals surface area contributed by atoms with E-state index < -0.39 is 6.10 Å². The molecule has 0 spiro atoms. The van der Waals surface area contributed by atoms with Crippen molar-refractivity contribution in [1.82, 2.24) is 5.32 Å². The third kappa shape index (κ3) is 4.91. The lowest BCUT2D eigenvalue weighted by Gasteiger charge is -2.18. The minimum atomic E-state index is -0.616. The average molecular weight is 357 g/mol. The fourth-order valence-electron chi connectivity index (χ4n) is 2.51. The monoisotopic (exact) mass is 357 g/mol. The van der Waals surface area contributed by atoms with Crippen LogP contribution in [0.5, 0.6) is 17.2 Å². The highest BCUT2D eigenvalue weighted by atomic mass is 16.5. The molecule has 0 saturated heterocycles. The summed E-state index contributed by atoms with van der Waals surface area (Å²) in [7, 11) is 1.49.